The number of ether oxygens (including phenoxy) is 2. The standard InChI is InChI=1S/C16H19NO5S/c1-3-21-12-8-6-5-7-11(12)17-14(18)9-13(16(17)20)23-10-15(19)22-4-2/h5-8,13H,3-4,9-10H2,1-2H3. The highest BCUT2D eigenvalue weighted by atomic mass is 32.2. The number of hydrogen-bond donors (Lipinski definition) is 0. The van der Waals surface area contributed by atoms with E-state index in [4.69, 9.17) is 9.47 Å². The fraction of sp³-hybridized carbons (Fsp3) is 0.438. The zero-order valence-corrected chi connectivity index (χ0v) is 13.9. The van der Waals surface area contributed by atoms with Crippen molar-refractivity contribution in [3.05, 3.63) is 24.3 Å². The number of benzene rings is 1. The van der Waals surface area contributed by atoms with Gasteiger partial charge >= 0.3 is 5.97 Å². The number of hydrogen-bond acceptors (Lipinski definition) is 6. The van der Waals surface area contributed by atoms with Crippen LogP contribution in [0.1, 0.15) is 20.3 Å². The number of esters is 1. The van der Waals surface area contributed by atoms with Gasteiger partial charge in [-0.1, -0.05) is 12.1 Å². The predicted octanol–water partition coefficient (Wildman–Crippen LogP) is 2.01. The van der Waals surface area contributed by atoms with Crippen LogP contribution in [-0.4, -0.2) is 42.0 Å². The van der Waals surface area contributed by atoms with E-state index in [1.165, 1.54) is 0 Å². The molecular weight excluding hydrogens is 318 g/mol. The number of rotatable bonds is 7. The molecule has 23 heavy (non-hydrogen) atoms. The fourth-order valence-corrected chi connectivity index (χ4v) is 3.21. The van der Waals surface area contributed by atoms with E-state index >= 15 is 0 Å². The molecule has 1 saturated heterocycles. The summed E-state index contributed by atoms with van der Waals surface area (Å²) in [7, 11) is 0. The molecule has 0 N–H and O–H groups in total. The minimum Gasteiger partial charge on any atom is -0.492 e. The van der Waals surface area contributed by atoms with Crippen LogP contribution in [0.15, 0.2) is 24.3 Å². The molecule has 0 aliphatic carbocycles. The molecule has 1 unspecified atom stereocenters. The summed E-state index contributed by atoms with van der Waals surface area (Å²) in [6, 6.07) is 6.93. The highest BCUT2D eigenvalue weighted by Gasteiger charge is 2.41. The molecule has 1 aliphatic rings. The summed E-state index contributed by atoms with van der Waals surface area (Å²) in [4.78, 5) is 37.3. The Labute approximate surface area is 139 Å². The number of imide groups is 1. The molecule has 1 atom stereocenters. The molecule has 1 aliphatic heterocycles. The van der Waals surface area contributed by atoms with E-state index < -0.39 is 5.25 Å². The molecule has 124 valence electrons. The Morgan fingerprint density at radius 1 is 1.26 bits per heavy atom. The van der Waals surface area contributed by atoms with E-state index in [0.717, 1.165) is 16.7 Å². The van der Waals surface area contributed by atoms with Gasteiger partial charge < -0.3 is 9.47 Å². The molecule has 2 amide bonds. The molecule has 6 nitrogen and oxygen atoms in total. The topological polar surface area (TPSA) is 72.9 Å². The fourth-order valence-electron chi connectivity index (χ4n) is 2.28. The Balaban J connectivity index is 2.11. The van der Waals surface area contributed by atoms with Crippen molar-refractivity contribution in [2.75, 3.05) is 23.9 Å². The maximum absolute atomic E-state index is 12.5. The van der Waals surface area contributed by atoms with E-state index in [9.17, 15) is 14.4 Å². The largest absolute Gasteiger partial charge is 0.492 e. The van der Waals surface area contributed by atoms with Crippen LogP contribution in [0.3, 0.4) is 0 Å². The lowest BCUT2D eigenvalue weighted by Crippen LogP contribution is -2.31. The quantitative estimate of drug-likeness (QED) is 0.560. The molecule has 0 radical (unpaired) electrons. The van der Waals surface area contributed by atoms with Crippen molar-refractivity contribution in [1.29, 1.82) is 0 Å². The van der Waals surface area contributed by atoms with Crippen molar-refractivity contribution in [3.8, 4) is 5.75 Å². The Morgan fingerprint density at radius 3 is 2.70 bits per heavy atom. The van der Waals surface area contributed by atoms with Gasteiger partial charge in [0.1, 0.15) is 5.75 Å². The van der Waals surface area contributed by atoms with Gasteiger partial charge in [0, 0.05) is 6.42 Å². The molecule has 1 aromatic rings. The highest BCUT2D eigenvalue weighted by Crippen LogP contribution is 2.35. The maximum atomic E-state index is 12.5. The Bertz CT molecular complexity index is 604. The van der Waals surface area contributed by atoms with Gasteiger partial charge in [0.25, 0.3) is 0 Å². The van der Waals surface area contributed by atoms with Crippen LogP contribution in [0, 0.1) is 0 Å². The van der Waals surface area contributed by atoms with E-state index in [1.54, 1.807) is 31.2 Å². The average Bonchev–Trinajstić information content (AvgIpc) is 2.81. The second-order valence-electron chi connectivity index (χ2n) is 4.78. The first-order valence-electron chi connectivity index (χ1n) is 7.44. The van der Waals surface area contributed by atoms with Crippen molar-refractivity contribution in [1.82, 2.24) is 0 Å². The van der Waals surface area contributed by atoms with Gasteiger partial charge in [-0.05, 0) is 26.0 Å². The van der Waals surface area contributed by atoms with Crippen LogP contribution >= 0.6 is 11.8 Å². The average molecular weight is 337 g/mol. The number of amides is 2. The summed E-state index contributed by atoms with van der Waals surface area (Å²) in [6.07, 6.45) is 0.0728. The minimum absolute atomic E-state index is 0.0540. The smallest absolute Gasteiger partial charge is 0.315 e. The van der Waals surface area contributed by atoms with Gasteiger partial charge in [-0.15, -0.1) is 11.8 Å². The molecule has 0 bridgehead atoms. The number of anilines is 1. The maximum Gasteiger partial charge on any atom is 0.315 e. The monoisotopic (exact) mass is 337 g/mol. The first-order chi connectivity index (χ1) is 11.1. The van der Waals surface area contributed by atoms with Gasteiger partial charge in [-0.2, -0.15) is 0 Å². The Kier molecular flexibility index (Phi) is 6.04. The van der Waals surface area contributed by atoms with Gasteiger partial charge in [0.05, 0.1) is 29.9 Å². The number of para-hydroxylation sites is 2. The number of nitrogens with zero attached hydrogens (tertiary/aromatic N) is 1. The summed E-state index contributed by atoms with van der Waals surface area (Å²) >= 11 is 1.13. The van der Waals surface area contributed by atoms with Crippen molar-refractivity contribution in [2.45, 2.75) is 25.5 Å². The van der Waals surface area contributed by atoms with Crippen LogP contribution in [0.4, 0.5) is 5.69 Å². The lowest BCUT2D eigenvalue weighted by Gasteiger charge is -2.18. The van der Waals surface area contributed by atoms with Crippen molar-refractivity contribution in [3.63, 3.8) is 0 Å². The summed E-state index contributed by atoms with van der Waals surface area (Å²) < 4.78 is 10.3. The second kappa shape index (κ2) is 8.01. The Hall–Kier alpha value is -2.02. The number of carbonyl (C=O) groups excluding carboxylic acids is 3. The van der Waals surface area contributed by atoms with Gasteiger partial charge in [-0.25, -0.2) is 4.90 Å². The van der Waals surface area contributed by atoms with Crippen LogP contribution < -0.4 is 9.64 Å². The van der Waals surface area contributed by atoms with E-state index in [0.29, 0.717) is 24.7 Å². The van der Waals surface area contributed by atoms with Crippen LogP contribution in [0.2, 0.25) is 0 Å². The molecule has 1 fully saturated rings. The van der Waals surface area contributed by atoms with Crippen molar-refractivity contribution in [2.24, 2.45) is 0 Å². The van der Waals surface area contributed by atoms with E-state index in [1.807, 2.05) is 6.92 Å². The van der Waals surface area contributed by atoms with Crippen LogP contribution in [0.25, 0.3) is 0 Å². The molecule has 0 aromatic heterocycles. The van der Waals surface area contributed by atoms with Crippen molar-refractivity contribution >= 4 is 35.2 Å². The lowest BCUT2D eigenvalue weighted by atomic mass is 10.2. The van der Waals surface area contributed by atoms with E-state index in [2.05, 4.69) is 0 Å². The summed E-state index contributed by atoms with van der Waals surface area (Å²) in [5.74, 6) is -0.447. The van der Waals surface area contributed by atoms with Gasteiger partial charge in [0.2, 0.25) is 11.8 Å². The van der Waals surface area contributed by atoms with Gasteiger partial charge in [0.15, 0.2) is 0 Å². The predicted molar refractivity (Wildman–Crippen MR) is 87.6 cm³/mol. The lowest BCUT2D eigenvalue weighted by molar-refractivity contribution is -0.139. The molecule has 1 heterocycles. The summed E-state index contributed by atoms with van der Waals surface area (Å²) in [5, 5.41) is -0.568. The molecule has 0 saturated carbocycles. The third-order valence-electron chi connectivity index (χ3n) is 3.22. The molecule has 2 rings (SSSR count). The normalized spacial score (nSPS) is 17.5. The number of thioether (sulfide) groups is 1. The van der Waals surface area contributed by atoms with Gasteiger partial charge in [-0.3, -0.25) is 14.4 Å². The minimum atomic E-state index is -0.568. The van der Waals surface area contributed by atoms with Crippen molar-refractivity contribution < 1.29 is 23.9 Å². The first kappa shape index (κ1) is 17.3. The molecule has 1 aromatic carbocycles. The SMILES string of the molecule is CCOC(=O)CSC1CC(=O)N(c2ccccc2OCC)C1=O. The molecular formula is C16H19NO5S. The first-order valence-corrected chi connectivity index (χ1v) is 8.49. The summed E-state index contributed by atoms with van der Waals surface area (Å²) in [6.45, 7) is 4.29. The highest BCUT2D eigenvalue weighted by molar-refractivity contribution is 8.01. The van der Waals surface area contributed by atoms with Crippen LogP contribution in [-0.2, 0) is 19.1 Å². The molecule has 7 heteroatoms. The van der Waals surface area contributed by atoms with E-state index in [-0.39, 0.29) is 30.0 Å². The Morgan fingerprint density at radius 2 is 2.00 bits per heavy atom. The number of carbonyl (C=O) groups is 3. The van der Waals surface area contributed by atoms with Crippen LogP contribution in [0.5, 0.6) is 5.75 Å². The third kappa shape index (κ3) is 4.04. The third-order valence-corrected chi connectivity index (χ3v) is 4.39. The molecule has 0 spiro atoms. The zero-order valence-electron chi connectivity index (χ0n) is 13.1. The zero-order chi connectivity index (χ0) is 16.8. The summed E-state index contributed by atoms with van der Waals surface area (Å²) in [5.41, 5.74) is 0.448. The second-order valence-corrected chi connectivity index (χ2v) is 5.97.